The number of halogens is 3. The lowest BCUT2D eigenvalue weighted by Crippen LogP contribution is -1.94. The van der Waals surface area contributed by atoms with Gasteiger partial charge in [-0.2, -0.15) is 10.2 Å². The third-order valence-electron chi connectivity index (χ3n) is 1.92. The van der Waals surface area contributed by atoms with Gasteiger partial charge in [-0.05, 0) is 28.1 Å². The molecule has 1 aromatic carbocycles. The highest BCUT2D eigenvalue weighted by molar-refractivity contribution is 9.10. The summed E-state index contributed by atoms with van der Waals surface area (Å²) < 4.78 is 19.0. The van der Waals surface area contributed by atoms with Crippen molar-refractivity contribution >= 4 is 27.5 Å². The summed E-state index contributed by atoms with van der Waals surface area (Å²) in [6.45, 7) is 0. The minimum atomic E-state index is -0.619. The third kappa shape index (κ3) is 2.75. The maximum absolute atomic E-state index is 13.3. The number of benzene rings is 1. The summed E-state index contributed by atoms with van der Waals surface area (Å²) in [5.74, 6) is -0.446. The Morgan fingerprint density at radius 3 is 2.94 bits per heavy atom. The van der Waals surface area contributed by atoms with Gasteiger partial charge in [0, 0.05) is 12.3 Å². The lowest BCUT2D eigenvalue weighted by Gasteiger charge is -2.06. The van der Waals surface area contributed by atoms with Crippen molar-refractivity contribution in [3.63, 3.8) is 0 Å². The Bertz CT molecular complexity index is 645. The van der Waals surface area contributed by atoms with Crippen LogP contribution >= 0.6 is 27.5 Å². The molecule has 0 saturated carbocycles. The van der Waals surface area contributed by atoms with Crippen molar-refractivity contribution in [3.05, 3.63) is 45.4 Å². The zero-order valence-electron chi connectivity index (χ0n) is 8.69. The topological polar surface area (TPSA) is 58.8 Å². The molecule has 1 heterocycles. The van der Waals surface area contributed by atoms with Crippen LogP contribution < -0.4 is 4.74 Å². The van der Waals surface area contributed by atoms with Crippen molar-refractivity contribution in [2.24, 2.45) is 0 Å². The largest absolute Gasteiger partial charge is 0.423 e. The Labute approximate surface area is 115 Å². The molecule has 0 aliphatic rings. The molecule has 0 amide bonds. The van der Waals surface area contributed by atoms with Crippen LogP contribution in [-0.4, -0.2) is 9.97 Å². The SMILES string of the molecule is N#Cc1ccnc(Oc2cc(F)c(Cl)cc2Br)n1. The Hall–Kier alpha value is -1.71. The van der Waals surface area contributed by atoms with Gasteiger partial charge in [-0.15, -0.1) is 0 Å². The summed E-state index contributed by atoms with van der Waals surface area (Å²) >= 11 is 8.78. The molecule has 0 fully saturated rings. The van der Waals surface area contributed by atoms with E-state index in [1.807, 2.05) is 6.07 Å². The Kier molecular flexibility index (Phi) is 3.75. The zero-order chi connectivity index (χ0) is 13.1. The molecule has 18 heavy (non-hydrogen) atoms. The van der Waals surface area contributed by atoms with Gasteiger partial charge in [-0.1, -0.05) is 11.6 Å². The summed E-state index contributed by atoms with van der Waals surface area (Å²) in [6, 6.07) is 5.71. The predicted molar refractivity (Wildman–Crippen MR) is 65.9 cm³/mol. The molecular formula is C11H4BrClFN3O. The van der Waals surface area contributed by atoms with Crippen LogP contribution in [0.1, 0.15) is 5.69 Å². The molecule has 2 rings (SSSR count). The Morgan fingerprint density at radius 2 is 2.22 bits per heavy atom. The van der Waals surface area contributed by atoms with Gasteiger partial charge >= 0.3 is 6.01 Å². The van der Waals surface area contributed by atoms with Crippen molar-refractivity contribution < 1.29 is 9.13 Å². The van der Waals surface area contributed by atoms with E-state index in [0.717, 1.165) is 6.07 Å². The molecule has 4 nitrogen and oxygen atoms in total. The van der Waals surface area contributed by atoms with Crippen molar-refractivity contribution in [2.45, 2.75) is 0 Å². The van der Waals surface area contributed by atoms with Gasteiger partial charge in [0.05, 0.1) is 9.50 Å². The van der Waals surface area contributed by atoms with Crippen LogP contribution in [0.25, 0.3) is 0 Å². The smallest absolute Gasteiger partial charge is 0.323 e. The first-order valence-corrected chi connectivity index (χ1v) is 5.83. The standard InChI is InChI=1S/C11H4BrClFN3O/c12-7-3-8(13)9(14)4-10(7)18-11-16-2-1-6(5-15)17-11/h1-4H. The van der Waals surface area contributed by atoms with Crippen LogP contribution in [0.3, 0.4) is 0 Å². The molecule has 0 atom stereocenters. The third-order valence-corrected chi connectivity index (χ3v) is 2.83. The second-order valence-electron chi connectivity index (χ2n) is 3.14. The monoisotopic (exact) mass is 327 g/mol. The fourth-order valence-corrected chi connectivity index (χ4v) is 1.85. The van der Waals surface area contributed by atoms with E-state index in [4.69, 9.17) is 21.6 Å². The normalized spacial score (nSPS) is 9.89. The van der Waals surface area contributed by atoms with Crippen LogP contribution in [0.15, 0.2) is 28.9 Å². The number of rotatable bonds is 2. The van der Waals surface area contributed by atoms with E-state index in [2.05, 4.69) is 25.9 Å². The molecule has 0 aliphatic carbocycles. The molecule has 0 aliphatic heterocycles. The average molecular weight is 329 g/mol. The van der Waals surface area contributed by atoms with E-state index >= 15 is 0 Å². The van der Waals surface area contributed by atoms with Crippen LogP contribution in [-0.2, 0) is 0 Å². The fraction of sp³-hybridized carbons (Fsp3) is 0. The molecule has 1 aromatic heterocycles. The summed E-state index contributed by atoms with van der Waals surface area (Å²) in [5.41, 5.74) is 0.158. The first-order chi connectivity index (χ1) is 8.60. The molecular weight excluding hydrogens is 324 g/mol. The number of hydrogen-bond donors (Lipinski definition) is 0. The van der Waals surface area contributed by atoms with E-state index in [1.165, 1.54) is 18.3 Å². The number of nitrogens with zero attached hydrogens (tertiary/aromatic N) is 3. The van der Waals surface area contributed by atoms with E-state index < -0.39 is 5.82 Å². The Morgan fingerprint density at radius 1 is 1.44 bits per heavy atom. The highest BCUT2D eigenvalue weighted by Crippen LogP contribution is 2.32. The predicted octanol–water partition coefficient (Wildman–Crippen LogP) is 3.70. The van der Waals surface area contributed by atoms with Crippen LogP contribution in [0.5, 0.6) is 11.8 Å². The lowest BCUT2D eigenvalue weighted by molar-refractivity contribution is 0.434. The van der Waals surface area contributed by atoms with Crippen LogP contribution in [0.2, 0.25) is 5.02 Å². The molecule has 0 spiro atoms. The van der Waals surface area contributed by atoms with Gasteiger partial charge in [0.25, 0.3) is 0 Å². The van der Waals surface area contributed by atoms with Gasteiger partial charge in [0.15, 0.2) is 0 Å². The number of aromatic nitrogens is 2. The first kappa shape index (κ1) is 12.7. The van der Waals surface area contributed by atoms with Gasteiger partial charge in [0.1, 0.15) is 23.3 Å². The van der Waals surface area contributed by atoms with E-state index in [-0.39, 0.29) is 22.5 Å². The quantitative estimate of drug-likeness (QED) is 0.789. The highest BCUT2D eigenvalue weighted by Gasteiger charge is 2.10. The van der Waals surface area contributed by atoms with Crippen molar-refractivity contribution in [3.8, 4) is 17.8 Å². The Balaban J connectivity index is 2.34. The minimum Gasteiger partial charge on any atom is -0.423 e. The van der Waals surface area contributed by atoms with Crippen molar-refractivity contribution in [2.75, 3.05) is 0 Å². The van der Waals surface area contributed by atoms with E-state index in [1.54, 1.807) is 0 Å². The summed E-state index contributed by atoms with van der Waals surface area (Å²) in [7, 11) is 0. The summed E-state index contributed by atoms with van der Waals surface area (Å²) in [4.78, 5) is 7.62. The average Bonchev–Trinajstić information content (AvgIpc) is 2.36. The summed E-state index contributed by atoms with van der Waals surface area (Å²) in [5, 5.41) is 8.65. The first-order valence-electron chi connectivity index (χ1n) is 4.65. The molecule has 90 valence electrons. The number of hydrogen-bond acceptors (Lipinski definition) is 4. The van der Waals surface area contributed by atoms with E-state index in [0.29, 0.717) is 4.47 Å². The summed E-state index contributed by atoms with van der Waals surface area (Å²) in [6.07, 6.45) is 1.38. The van der Waals surface area contributed by atoms with Gasteiger partial charge in [-0.25, -0.2) is 9.37 Å². The maximum Gasteiger partial charge on any atom is 0.323 e. The molecule has 7 heteroatoms. The van der Waals surface area contributed by atoms with E-state index in [9.17, 15) is 4.39 Å². The van der Waals surface area contributed by atoms with Crippen LogP contribution in [0, 0.1) is 17.1 Å². The lowest BCUT2D eigenvalue weighted by atomic mass is 10.3. The van der Waals surface area contributed by atoms with Gasteiger partial charge in [-0.3, -0.25) is 0 Å². The maximum atomic E-state index is 13.3. The van der Waals surface area contributed by atoms with Crippen molar-refractivity contribution in [1.29, 1.82) is 5.26 Å². The molecule has 0 bridgehead atoms. The molecule has 0 N–H and O–H groups in total. The van der Waals surface area contributed by atoms with Crippen LogP contribution in [0.4, 0.5) is 4.39 Å². The number of nitriles is 1. The van der Waals surface area contributed by atoms with Gasteiger partial charge < -0.3 is 4.74 Å². The fourth-order valence-electron chi connectivity index (χ4n) is 1.13. The number of ether oxygens (including phenoxy) is 1. The molecule has 0 saturated heterocycles. The molecule has 2 aromatic rings. The zero-order valence-corrected chi connectivity index (χ0v) is 11.0. The van der Waals surface area contributed by atoms with Crippen molar-refractivity contribution in [1.82, 2.24) is 9.97 Å². The minimum absolute atomic E-state index is 0.0269. The highest BCUT2D eigenvalue weighted by atomic mass is 79.9. The molecule has 0 radical (unpaired) electrons. The van der Waals surface area contributed by atoms with Gasteiger partial charge in [0.2, 0.25) is 0 Å². The molecule has 0 unspecified atom stereocenters. The second-order valence-corrected chi connectivity index (χ2v) is 4.40. The second kappa shape index (κ2) is 5.29.